The molecule has 0 spiro atoms. The zero-order valence-electron chi connectivity index (χ0n) is 16.9. The maximum Gasteiger partial charge on any atom is 0.411 e. The van der Waals surface area contributed by atoms with E-state index in [2.05, 4.69) is 30.8 Å². The Kier molecular flexibility index (Phi) is 6.28. The Morgan fingerprint density at radius 3 is 2.42 bits per heavy atom. The van der Waals surface area contributed by atoms with Crippen molar-refractivity contribution in [1.29, 1.82) is 0 Å². The topological polar surface area (TPSA) is 66.8 Å². The number of rotatable bonds is 7. The summed E-state index contributed by atoms with van der Waals surface area (Å²) < 4.78 is 5.47. The average Bonchev–Trinajstić information content (AvgIpc) is 3.17. The lowest BCUT2D eigenvalue weighted by Crippen LogP contribution is -2.46. The molecule has 0 heterocycles. The number of hydrogen-bond donors (Lipinski definition) is 2. The molecule has 0 saturated carbocycles. The lowest BCUT2D eigenvalue weighted by molar-refractivity contribution is -0.142. The van der Waals surface area contributed by atoms with Gasteiger partial charge >= 0.3 is 12.1 Å². The van der Waals surface area contributed by atoms with E-state index in [4.69, 9.17) is 4.74 Å². The molecular formula is C25H23NO4S. The Bertz CT molecular complexity index is 1100. The molecule has 1 amide bonds. The molecule has 0 saturated heterocycles. The number of nitrogens with zero attached hydrogens (tertiary/aromatic N) is 1. The van der Waals surface area contributed by atoms with Gasteiger partial charge in [-0.05, 0) is 39.8 Å². The highest BCUT2D eigenvalue weighted by atomic mass is 32.1. The van der Waals surface area contributed by atoms with Crippen LogP contribution in [0.5, 0.6) is 0 Å². The number of fused-ring (bicyclic) bond motifs is 3. The van der Waals surface area contributed by atoms with Crippen molar-refractivity contribution in [2.24, 2.45) is 0 Å². The smallest absolute Gasteiger partial charge is 0.411 e. The maximum atomic E-state index is 13.0. The molecule has 0 fully saturated rings. The molecule has 158 valence electrons. The molecule has 0 aromatic heterocycles. The predicted molar refractivity (Wildman–Crippen MR) is 122 cm³/mol. The summed E-state index contributed by atoms with van der Waals surface area (Å²) in [6, 6.07) is 22.4. The van der Waals surface area contributed by atoms with Gasteiger partial charge in [0, 0.05) is 5.75 Å². The number of benzene rings is 3. The van der Waals surface area contributed by atoms with Crippen molar-refractivity contribution in [1.82, 2.24) is 4.90 Å². The number of carboxylic acids is 1. The van der Waals surface area contributed by atoms with E-state index in [0.717, 1.165) is 28.7 Å². The third-order valence-electron chi connectivity index (χ3n) is 5.56. The van der Waals surface area contributed by atoms with E-state index in [0.29, 0.717) is 0 Å². The molecule has 0 aliphatic heterocycles. The van der Waals surface area contributed by atoms with Gasteiger partial charge in [0.2, 0.25) is 0 Å². The zero-order valence-corrected chi connectivity index (χ0v) is 17.8. The van der Waals surface area contributed by atoms with Crippen molar-refractivity contribution >= 4 is 24.7 Å². The van der Waals surface area contributed by atoms with E-state index in [1.54, 1.807) is 0 Å². The van der Waals surface area contributed by atoms with Crippen LogP contribution in [0, 0.1) is 0 Å². The molecular weight excluding hydrogens is 410 g/mol. The van der Waals surface area contributed by atoms with Crippen LogP contribution in [0.1, 0.15) is 22.3 Å². The predicted octanol–water partition coefficient (Wildman–Crippen LogP) is 4.78. The second-order valence-electron chi connectivity index (χ2n) is 7.48. The van der Waals surface area contributed by atoms with Gasteiger partial charge in [0.25, 0.3) is 0 Å². The van der Waals surface area contributed by atoms with Crippen LogP contribution < -0.4 is 0 Å². The van der Waals surface area contributed by atoms with Crippen molar-refractivity contribution in [2.75, 3.05) is 5.75 Å². The van der Waals surface area contributed by atoms with Crippen LogP contribution in [0.2, 0.25) is 0 Å². The van der Waals surface area contributed by atoms with Crippen LogP contribution in [-0.2, 0) is 29.1 Å². The minimum absolute atomic E-state index is 0.00891. The van der Waals surface area contributed by atoms with Gasteiger partial charge < -0.3 is 9.84 Å². The maximum absolute atomic E-state index is 13.0. The molecule has 0 radical (unpaired) electrons. The number of carboxylic acid groups (broad SMARTS) is 1. The summed E-state index contributed by atoms with van der Waals surface area (Å²) in [6.45, 7) is 0.218. The van der Waals surface area contributed by atoms with E-state index in [1.807, 2.05) is 54.6 Å². The molecule has 3 aromatic carbocycles. The molecule has 5 nitrogen and oxygen atoms in total. The molecule has 4 rings (SSSR count). The van der Waals surface area contributed by atoms with Crippen LogP contribution in [0.3, 0.4) is 0 Å². The number of hydrogen-bond acceptors (Lipinski definition) is 4. The molecule has 1 atom stereocenters. The van der Waals surface area contributed by atoms with Crippen LogP contribution in [-0.4, -0.2) is 33.9 Å². The first kappa shape index (κ1) is 21.0. The number of carbonyl (C=O) groups excluding carboxylic acids is 1. The minimum Gasteiger partial charge on any atom is -0.480 e. The number of aliphatic carboxylic acids is 1. The highest BCUT2D eigenvalue weighted by Crippen LogP contribution is 2.38. The van der Waals surface area contributed by atoms with E-state index >= 15 is 0 Å². The van der Waals surface area contributed by atoms with E-state index in [-0.39, 0.29) is 18.9 Å². The van der Waals surface area contributed by atoms with Gasteiger partial charge in [-0.2, -0.15) is 12.6 Å². The van der Waals surface area contributed by atoms with Gasteiger partial charge in [-0.3, -0.25) is 4.90 Å². The first-order valence-corrected chi connectivity index (χ1v) is 10.7. The largest absolute Gasteiger partial charge is 0.480 e. The first-order valence-electron chi connectivity index (χ1n) is 10.1. The normalized spacial score (nSPS) is 12.5. The Balaban J connectivity index is 1.60. The molecule has 1 aliphatic rings. The molecule has 1 N–H and O–H groups in total. The fourth-order valence-electron chi connectivity index (χ4n) is 3.97. The molecule has 3 aromatic rings. The summed E-state index contributed by atoms with van der Waals surface area (Å²) in [5, 5.41) is 9.69. The number of amides is 1. The van der Waals surface area contributed by atoms with E-state index in [1.165, 1.54) is 16.0 Å². The second-order valence-corrected chi connectivity index (χ2v) is 7.85. The standard InChI is InChI=1S/C25H23NO4S/c27-24(28)23(16-31)26(25(29)30-15-17-7-2-1-3-8-17)14-19-10-6-12-21-20-11-5-4-9-18(20)13-22(19)21/h1-12,23,31H,13-16H2,(H,27,28)/t23-/m1/s1. The summed E-state index contributed by atoms with van der Waals surface area (Å²) in [6.07, 6.45) is 0.0890. The van der Waals surface area contributed by atoms with E-state index < -0.39 is 18.1 Å². The monoisotopic (exact) mass is 433 g/mol. The minimum atomic E-state index is -1.11. The summed E-state index contributed by atoms with van der Waals surface area (Å²) in [7, 11) is 0. The van der Waals surface area contributed by atoms with Crippen molar-refractivity contribution in [3.05, 3.63) is 95.1 Å². The Hall–Kier alpha value is -3.25. The van der Waals surface area contributed by atoms with Gasteiger partial charge in [0.1, 0.15) is 12.6 Å². The fraction of sp³-hybridized carbons (Fsp3) is 0.200. The summed E-state index contributed by atoms with van der Waals surface area (Å²) >= 11 is 4.19. The van der Waals surface area contributed by atoms with E-state index in [9.17, 15) is 14.7 Å². The van der Waals surface area contributed by atoms with Crippen molar-refractivity contribution in [2.45, 2.75) is 25.6 Å². The Labute approximate surface area is 186 Å². The highest BCUT2D eigenvalue weighted by molar-refractivity contribution is 7.80. The fourth-order valence-corrected chi connectivity index (χ4v) is 4.32. The summed E-state index contributed by atoms with van der Waals surface area (Å²) in [4.78, 5) is 26.1. The van der Waals surface area contributed by atoms with Crippen LogP contribution in [0.25, 0.3) is 11.1 Å². The molecule has 0 bridgehead atoms. The van der Waals surface area contributed by atoms with Crippen molar-refractivity contribution in [3.63, 3.8) is 0 Å². The van der Waals surface area contributed by atoms with Gasteiger partial charge in [-0.1, -0.05) is 72.8 Å². The molecule has 31 heavy (non-hydrogen) atoms. The SMILES string of the molecule is O=C(O)[C@@H](CS)N(Cc1cccc2c1Cc1ccccc1-2)C(=O)OCc1ccccc1. The number of carbonyl (C=O) groups is 2. The number of ether oxygens (including phenoxy) is 1. The highest BCUT2D eigenvalue weighted by Gasteiger charge is 2.31. The quantitative estimate of drug-likeness (QED) is 0.412. The molecule has 1 aliphatic carbocycles. The van der Waals surface area contributed by atoms with Crippen molar-refractivity contribution < 1.29 is 19.4 Å². The van der Waals surface area contributed by atoms with Crippen LogP contribution >= 0.6 is 12.6 Å². The summed E-state index contributed by atoms with van der Waals surface area (Å²) in [5.74, 6) is -1.12. The average molecular weight is 434 g/mol. The lowest BCUT2D eigenvalue weighted by Gasteiger charge is -2.28. The van der Waals surface area contributed by atoms with Crippen LogP contribution in [0.15, 0.2) is 72.8 Å². The summed E-state index contributed by atoms with van der Waals surface area (Å²) in [5.41, 5.74) is 6.41. The third kappa shape index (κ3) is 4.44. The van der Waals surface area contributed by atoms with Crippen LogP contribution in [0.4, 0.5) is 4.79 Å². The Morgan fingerprint density at radius 1 is 0.968 bits per heavy atom. The van der Waals surface area contributed by atoms with Crippen molar-refractivity contribution in [3.8, 4) is 11.1 Å². The number of thiol groups is 1. The van der Waals surface area contributed by atoms with Gasteiger partial charge in [-0.15, -0.1) is 0 Å². The Morgan fingerprint density at radius 2 is 1.68 bits per heavy atom. The van der Waals surface area contributed by atoms with Gasteiger partial charge in [0.05, 0.1) is 6.54 Å². The first-order chi connectivity index (χ1) is 15.1. The lowest BCUT2D eigenvalue weighted by atomic mass is 10.0. The third-order valence-corrected chi connectivity index (χ3v) is 5.91. The second kappa shape index (κ2) is 9.27. The zero-order chi connectivity index (χ0) is 21.8. The molecule has 0 unspecified atom stereocenters. The molecule has 6 heteroatoms. The van der Waals surface area contributed by atoms with Gasteiger partial charge in [-0.25, -0.2) is 9.59 Å². The van der Waals surface area contributed by atoms with Gasteiger partial charge in [0.15, 0.2) is 0 Å².